The van der Waals surface area contributed by atoms with Crippen LogP contribution in [0.15, 0.2) is 29.2 Å². The molecule has 0 spiro atoms. The lowest BCUT2D eigenvalue weighted by Crippen LogP contribution is -2.24. The van der Waals surface area contributed by atoms with Crippen LogP contribution in [0.1, 0.15) is 19.4 Å². The summed E-state index contributed by atoms with van der Waals surface area (Å²) in [5, 5.41) is 0. The van der Waals surface area contributed by atoms with Crippen LogP contribution < -0.4 is 0 Å². The van der Waals surface area contributed by atoms with E-state index in [0.29, 0.717) is 46.2 Å². The van der Waals surface area contributed by atoms with Crippen LogP contribution in [0, 0.1) is 6.92 Å². The van der Waals surface area contributed by atoms with Gasteiger partial charge in [0.15, 0.2) is 6.29 Å². The Balaban J connectivity index is 1.99. The summed E-state index contributed by atoms with van der Waals surface area (Å²) in [7, 11) is -3.75. The first-order chi connectivity index (χ1) is 13.5. The molecule has 0 aliphatic rings. The molecule has 1 aromatic carbocycles. The summed E-state index contributed by atoms with van der Waals surface area (Å²) in [6.07, 6.45) is -0.352. The fourth-order valence-electron chi connectivity index (χ4n) is 2.11. The molecule has 0 atom stereocenters. The Hall–Kier alpha value is -1.07. The van der Waals surface area contributed by atoms with Crippen molar-refractivity contribution in [1.29, 1.82) is 0 Å². The molecule has 0 saturated heterocycles. The highest BCUT2D eigenvalue weighted by molar-refractivity contribution is 7.86. The Kier molecular flexibility index (Phi) is 13.3. The van der Waals surface area contributed by atoms with Gasteiger partial charge in [0.2, 0.25) is 0 Å². The van der Waals surface area contributed by atoms with Gasteiger partial charge in [-0.2, -0.15) is 8.42 Å². The standard InChI is InChI=1S/C19H32O8S/c1-4-25-19(26-5-2)16-24-13-12-22-10-11-23-14-15-27-28(20,21)18-8-6-17(3)7-9-18/h6-9,19H,4-5,10-16H2,1-3H3. The molecule has 28 heavy (non-hydrogen) atoms. The molecular weight excluding hydrogens is 388 g/mol. The van der Waals surface area contributed by atoms with Crippen LogP contribution in [-0.4, -0.2) is 74.2 Å². The van der Waals surface area contributed by atoms with Crippen LogP contribution >= 0.6 is 0 Å². The second-order valence-corrected chi connectivity index (χ2v) is 7.34. The maximum absolute atomic E-state index is 12.0. The summed E-state index contributed by atoms with van der Waals surface area (Å²) >= 11 is 0. The number of aryl methyl sites for hydroxylation is 1. The third-order valence-corrected chi connectivity index (χ3v) is 4.81. The molecule has 0 N–H and O–H groups in total. The van der Waals surface area contributed by atoms with E-state index < -0.39 is 10.1 Å². The van der Waals surface area contributed by atoms with Gasteiger partial charge in [0.1, 0.15) is 0 Å². The summed E-state index contributed by atoms with van der Waals surface area (Å²) in [6, 6.07) is 6.49. The SMILES string of the molecule is CCOC(COCCOCCOCCOS(=O)(=O)c1ccc(C)cc1)OCC. The van der Waals surface area contributed by atoms with E-state index in [9.17, 15) is 8.42 Å². The average molecular weight is 421 g/mol. The normalized spacial score (nSPS) is 12.0. The Bertz CT molecular complexity index is 597. The molecule has 0 fully saturated rings. The number of benzene rings is 1. The van der Waals surface area contributed by atoms with Crippen molar-refractivity contribution in [2.24, 2.45) is 0 Å². The Morgan fingerprint density at radius 3 is 1.82 bits per heavy atom. The minimum Gasteiger partial charge on any atom is -0.377 e. The van der Waals surface area contributed by atoms with Crippen LogP contribution in [0.25, 0.3) is 0 Å². The van der Waals surface area contributed by atoms with E-state index in [1.807, 2.05) is 20.8 Å². The van der Waals surface area contributed by atoms with E-state index in [1.165, 1.54) is 12.1 Å². The predicted molar refractivity (Wildman–Crippen MR) is 104 cm³/mol. The summed E-state index contributed by atoms with van der Waals surface area (Å²) in [6.45, 7) is 8.87. The maximum Gasteiger partial charge on any atom is 0.297 e. The summed E-state index contributed by atoms with van der Waals surface area (Å²) in [5.74, 6) is 0. The number of hydrogen-bond acceptors (Lipinski definition) is 8. The Morgan fingerprint density at radius 2 is 1.29 bits per heavy atom. The molecular formula is C19H32O8S. The molecule has 0 aromatic heterocycles. The van der Waals surface area contributed by atoms with E-state index in [2.05, 4.69) is 0 Å². The first kappa shape index (κ1) is 25.0. The predicted octanol–water partition coefficient (Wildman–Crippen LogP) is 2.15. The monoisotopic (exact) mass is 420 g/mol. The van der Waals surface area contributed by atoms with Crippen LogP contribution in [-0.2, 0) is 38.0 Å². The van der Waals surface area contributed by atoms with Crippen LogP contribution in [0.5, 0.6) is 0 Å². The molecule has 1 rings (SSSR count). The molecule has 0 heterocycles. The van der Waals surface area contributed by atoms with Gasteiger partial charge in [-0.15, -0.1) is 0 Å². The van der Waals surface area contributed by atoms with E-state index in [4.69, 9.17) is 27.9 Å². The molecule has 0 bridgehead atoms. The zero-order chi connectivity index (χ0) is 20.7. The zero-order valence-corrected chi connectivity index (χ0v) is 17.7. The minimum absolute atomic E-state index is 0.0461. The number of rotatable bonds is 17. The van der Waals surface area contributed by atoms with Crippen molar-refractivity contribution in [2.75, 3.05) is 59.5 Å². The van der Waals surface area contributed by atoms with Gasteiger partial charge in [0.05, 0.1) is 51.1 Å². The highest BCUT2D eigenvalue weighted by atomic mass is 32.2. The van der Waals surface area contributed by atoms with Crippen molar-refractivity contribution >= 4 is 10.1 Å². The third-order valence-electron chi connectivity index (χ3n) is 3.48. The van der Waals surface area contributed by atoms with Crippen molar-refractivity contribution < 1.29 is 36.3 Å². The second kappa shape index (κ2) is 14.9. The number of ether oxygens (including phenoxy) is 5. The van der Waals surface area contributed by atoms with Gasteiger partial charge in [-0.1, -0.05) is 17.7 Å². The molecule has 0 saturated carbocycles. The van der Waals surface area contributed by atoms with Crippen LogP contribution in [0.3, 0.4) is 0 Å². The first-order valence-electron chi connectivity index (χ1n) is 9.42. The topological polar surface area (TPSA) is 89.5 Å². The van der Waals surface area contributed by atoms with E-state index in [1.54, 1.807) is 12.1 Å². The fourth-order valence-corrected chi connectivity index (χ4v) is 3.00. The molecule has 0 unspecified atom stereocenters. The van der Waals surface area contributed by atoms with Gasteiger partial charge in [-0.05, 0) is 32.9 Å². The minimum atomic E-state index is -3.75. The fraction of sp³-hybridized carbons (Fsp3) is 0.684. The lowest BCUT2D eigenvalue weighted by Gasteiger charge is -2.16. The first-order valence-corrected chi connectivity index (χ1v) is 10.8. The lowest BCUT2D eigenvalue weighted by molar-refractivity contribution is -0.169. The van der Waals surface area contributed by atoms with Crippen molar-refractivity contribution in [3.63, 3.8) is 0 Å². The van der Waals surface area contributed by atoms with Gasteiger partial charge in [0.25, 0.3) is 10.1 Å². The van der Waals surface area contributed by atoms with Gasteiger partial charge in [0, 0.05) is 13.2 Å². The van der Waals surface area contributed by atoms with Crippen molar-refractivity contribution in [1.82, 2.24) is 0 Å². The quantitative estimate of drug-likeness (QED) is 0.215. The molecule has 9 heteroatoms. The van der Waals surface area contributed by atoms with Crippen molar-refractivity contribution in [2.45, 2.75) is 32.0 Å². The zero-order valence-electron chi connectivity index (χ0n) is 16.9. The van der Waals surface area contributed by atoms with Gasteiger partial charge < -0.3 is 23.7 Å². The average Bonchev–Trinajstić information content (AvgIpc) is 2.66. The smallest absolute Gasteiger partial charge is 0.297 e. The molecule has 0 amide bonds. The van der Waals surface area contributed by atoms with Crippen molar-refractivity contribution in [3.8, 4) is 0 Å². The highest BCUT2D eigenvalue weighted by Crippen LogP contribution is 2.12. The third kappa shape index (κ3) is 11.1. The van der Waals surface area contributed by atoms with Gasteiger partial charge in [-0.25, -0.2) is 0 Å². The summed E-state index contributed by atoms with van der Waals surface area (Å²) in [5.41, 5.74) is 0.982. The maximum atomic E-state index is 12.0. The summed E-state index contributed by atoms with van der Waals surface area (Å²) in [4.78, 5) is 0.136. The molecule has 0 aliphatic carbocycles. The lowest BCUT2D eigenvalue weighted by atomic mass is 10.2. The van der Waals surface area contributed by atoms with E-state index in [-0.39, 0.29) is 24.4 Å². The molecule has 1 aromatic rings. The number of hydrogen-bond donors (Lipinski definition) is 0. The Morgan fingerprint density at radius 1 is 0.786 bits per heavy atom. The molecule has 0 radical (unpaired) electrons. The Labute approximate surface area is 168 Å². The van der Waals surface area contributed by atoms with Crippen LogP contribution in [0.2, 0.25) is 0 Å². The summed E-state index contributed by atoms with van der Waals surface area (Å²) < 4.78 is 55.7. The van der Waals surface area contributed by atoms with Gasteiger partial charge >= 0.3 is 0 Å². The largest absolute Gasteiger partial charge is 0.377 e. The van der Waals surface area contributed by atoms with Gasteiger partial charge in [-0.3, -0.25) is 4.18 Å². The van der Waals surface area contributed by atoms with Crippen LogP contribution in [0.4, 0.5) is 0 Å². The van der Waals surface area contributed by atoms with E-state index >= 15 is 0 Å². The molecule has 0 aliphatic heterocycles. The van der Waals surface area contributed by atoms with Crippen molar-refractivity contribution in [3.05, 3.63) is 29.8 Å². The molecule has 8 nitrogen and oxygen atoms in total. The van der Waals surface area contributed by atoms with E-state index in [0.717, 1.165) is 5.56 Å². The second-order valence-electron chi connectivity index (χ2n) is 5.73. The highest BCUT2D eigenvalue weighted by Gasteiger charge is 2.14. The molecule has 162 valence electrons.